The number of aliphatic hydroxyl groups is 2. The van der Waals surface area contributed by atoms with Crippen LogP contribution in [0.15, 0.2) is 12.7 Å². The highest BCUT2D eigenvalue weighted by molar-refractivity contribution is 5.82. The molecule has 0 saturated carbocycles. The summed E-state index contributed by atoms with van der Waals surface area (Å²) in [6, 6.07) is 0. The Labute approximate surface area is 133 Å². The Kier molecular flexibility index (Phi) is 10.5. The highest BCUT2D eigenvalue weighted by Crippen LogP contribution is 2.26. The van der Waals surface area contributed by atoms with Gasteiger partial charge in [-0.3, -0.25) is 9.59 Å². The van der Waals surface area contributed by atoms with Gasteiger partial charge in [-0.05, 0) is 12.8 Å². The number of hydrogen-bond acceptors (Lipinski definition) is 4. The van der Waals surface area contributed by atoms with Crippen LogP contribution in [0.4, 0.5) is 0 Å². The summed E-state index contributed by atoms with van der Waals surface area (Å²) in [6.45, 7) is 7.73. The van der Waals surface area contributed by atoms with Crippen molar-refractivity contribution in [3.05, 3.63) is 12.7 Å². The molecule has 0 spiro atoms. The fraction of sp³-hybridized carbons (Fsp3) is 0.750. The zero-order valence-corrected chi connectivity index (χ0v) is 13.7. The summed E-state index contributed by atoms with van der Waals surface area (Å²) < 4.78 is 0. The van der Waals surface area contributed by atoms with Crippen LogP contribution in [0.1, 0.15) is 46.0 Å². The minimum absolute atomic E-state index is 0.123. The van der Waals surface area contributed by atoms with Crippen LogP contribution in [0, 0.1) is 5.41 Å². The molecule has 2 amide bonds. The molecule has 0 heterocycles. The summed E-state index contributed by atoms with van der Waals surface area (Å²) in [5, 5.41) is 24.6. The molecular formula is C16H30N2O4. The smallest absolute Gasteiger partial charge is 0.249 e. The van der Waals surface area contributed by atoms with Crippen molar-refractivity contribution >= 4 is 11.8 Å². The third kappa shape index (κ3) is 7.56. The van der Waals surface area contributed by atoms with Gasteiger partial charge in [-0.25, -0.2) is 0 Å². The SMILES string of the molecule is C=CC[C@@](C)(CO)[C@@H](O)C(=O)NCCC(=O)NCCCCC. The number of nitrogens with one attached hydrogen (secondary N) is 2. The Hall–Kier alpha value is -1.40. The first-order chi connectivity index (χ1) is 10.4. The van der Waals surface area contributed by atoms with Gasteiger partial charge >= 0.3 is 0 Å². The van der Waals surface area contributed by atoms with Crippen molar-refractivity contribution in [3.63, 3.8) is 0 Å². The maximum atomic E-state index is 11.9. The molecular weight excluding hydrogens is 284 g/mol. The van der Waals surface area contributed by atoms with E-state index in [1.54, 1.807) is 13.0 Å². The Morgan fingerprint density at radius 3 is 2.50 bits per heavy atom. The lowest BCUT2D eigenvalue weighted by molar-refractivity contribution is -0.138. The van der Waals surface area contributed by atoms with Gasteiger partial charge in [0, 0.05) is 24.9 Å². The second kappa shape index (κ2) is 11.2. The van der Waals surface area contributed by atoms with Gasteiger partial charge in [-0.1, -0.05) is 32.8 Å². The topological polar surface area (TPSA) is 98.7 Å². The molecule has 0 unspecified atom stereocenters. The van der Waals surface area contributed by atoms with Crippen LogP contribution >= 0.6 is 0 Å². The minimum Gasteiger partial charge on any atom is -0.396 e. The molecule has 4 N–H and O–H groups in total. The maximum absolute atomic E-state index is 11.9. The Morgan fingerprint density at radius 1 is 1.27 bits per heavy atom. The first-order valence-electron chi connectivity index (χ1n) is 7.85. The average Bonchev–Trinajstić information content (AvgIpc) is 2.50. The zero-order valence-electron chi connectivity index (χ0n) is 13.7. The predicted molar refractivity (Wildman–Crippen MR) is 86.2 cm³/mol. The van der Waals surface area contributed by atoms with Crippen molar-refractivity contribution in [1.29, 1.82) is 0 Å². The second-order valence-corrected chi connectivity index (χ2v) is 5.81. The summed E-state index contributed by atoms with van der Waals surface area (Å²) in [7, 11) is 0. The molecule has 22 heavy (non-hydrogen) atoms. The van der Waals surface area contributed by atoms with Crippen molar-refractivity contribution in [3.8, 4) is 0 Å². The third-order valence-corrected chi connectivity index (χ3v) is 3.63. The number of unbranched alkanes of at least 4 members (excludes halogenated alkanes) is 2. The summed E-state index contributed by atoms with van der Waals surface area (Å²) in [4.78, 5) is 23.4. The molecule has 0 aromatic heterocycles. The highest BCUT2D eigenvalue weighted by atomic mass is 16.3. The first kappa shape index (κ1) is 20.6. The third-order valence-electron chi connectivity index (χ3n) is 3.63. The number of amides is 2. The lowest BCUT2D eigenvalue weighted by atomic mass is 9.81. The molecule has 0 radical (unpaired) electrons. The first-order valence-corrected chi connectivity index (χ1v) is 7.85. The summed E-state index contributed by atoms with van der Waals surface area (Å²) >= 11 is 0. The number of hydrogen-bond donors (Lipinski definition) is 4. The molecule has 128 valence electrons. The summed E-state index contributed by atoms with van der Waals surface area (Å²) in [6.07, 6.45) is 3.81. The van der Waals surface area contributed by atoms with Crippen LogP contribution in [-0.2, 0) is 9.59 Å². The molecule has 0 aliphatic rings. The second-order valence-electron chi connectivity index (χ2n) is 5.81. The van der Waals surface area contributed by atoms with E-state index in [1.807, 2.05) is 0 Å². The Morgan fingerprint density at radius 2 is 1.95 bits per heavy atom. The number of carbonyl (C=O) groups excluding carboxylic acids is 2. The normalized spacial score (nSPS) is 14.7. The van der Waals surface area contributed by atoms with Gasteiger partial charge in [0.1, 0.15) is 6.10 Å². The van der Waals surface area contributed by atoms with Gasteiger partial charge in [0.05, 0.1) is 6.61 Å². The Balaban J connectivity index is 4.06. The number of rotatable bonds is 12. The van der Waals surface area contributed by atoms with Gasteiger partial charge in [-0.2, -0.15) is 0 Å². The molecule has 0 aromatic carbocycles. The lowest BCUT2D eigenvalue weighted by Crippen LogP contribution is -2.47. The van der Waals surface area contributed by atoms with Gasteiger partial charge < -0.3 is 20.8 Å². The van der Waals surface area contributed by atoms with Crippen molar-refractivity contribution < 1.29 is 19.8 Å². The molecule has 0 rings (SSSR count). The van der Waals surface area contributed by atoms with Crippen LogP contribution in [0.5, 0.6) is 0 Å². The van der Waals surface area contributed by atoms with Gasteiger partial charge in [0.2, 0.25) is 11.8 Å². The van der Waals surface area contributed by atoms with E-state index in [4.69, 9.17) is 0 Å². The van der Waals surface area contributed by atoms with E-state index in [9.17, 15) is 19.8 Å². The van der Waals surface area contributed by atoms with Gasteiger partial charge in [0.25, 0.3) is 0 Å². The van der Waals surface area contributed by atoms with Crippen molar-refractivity contribution in [1.82, 2.24) is 10.6 Å². The van der Waals surface area contributed by atoms with Gasteiger partial charge in [-0.15, -0.1) is 6.58 Å². The lowest BCUT2D eigenvalue weighted by Gasteiger charge is -2.30. The monoisotopic (exact) mass is 314 g/mol. The van der Waals surface area contributed by atoms with E-state index in [1.165, 1.54) is 0 Å². The number of aliphatic hydroxyl groups excluding tert-OH is 2. The van der Waals surface area contributed by atoms with E-state index in [0.717, 1.165) is 19.3 Å². The Bertz CT molecular complexity index is 360. The standard InChI is InChI=1S/C16H30N2O4/c1-4-6-7-10-17-13(20)8-11-18-15(22)14(21)16(3,12-19)9-5-2/h5,14,19,21H,2,4,6-12H2,1,3H3,(H,17,20)(H,18,22)/t14-,16-/m0/s1. The molecule has 0 fully saturated rings. The molecule has 0 aromatic rings. The van der Waals surface area contributed by atoms with Crippen LogP contribution in [0.3, 0.4) is 0 Å². The summed E-state index contributed by atoms with van der Waals surface area (Å²) in [5.74, 6) is -0.709. The molecule has 0 aliphatic carbocycles. The van der Waals surface area contributed by atoms with Gasteiger partial charge in [0.15, 0.2) is 0 Å². The van der Waals surface area contributed by atoms with E-state index in [2.05, 4.69) is 24.1 Å². The van der Waals surface area contributed by atoms with Crippen molar-refractivity contribution in [2.24, 2.45) is 5.41 Å². The predicted octanol–water partition coefficient (Wildman–Crippen LogP) is 0.735. The van der Waals surface area contributed by atoms with Crippen LogP contribution in [0.2, 0.25) is 0 Å². The number of allylic oxidation sites excluding steroid dienone is 1. The van der Waals surface area contributed by atoms with E-state index in [-0.39, 0.29) is 25.5 Å². The fourth-order valence-corrected chi connectivity index (χ4v) is 2.00. The molecule has 2 atom stereocenters. The fourth-order valence-electron chi connectivity index (χ4n) is 2.00. The van der Waals surface area contributed by atoms with Crippen LogP contribution in [-0.4, -0.2) is 47.8 Å². The quantitative estimate of drug-likeness (QED) is 0.315. The van der Waals surface area contributed by atoms with E-state index >= 15 is 0 Å². The van der Waals surface area contributed by atoms with E-state index in [0.29, 0.717) is 13.0 Å². The largest absolute Gasteiger partial charge is 0.396 e. The maximum Gasteiger partial charge on any atom is 0.249 e. The van der Waals surface area contributed by atoms with Crippen LogP contribution in [0.25, 0.3) is 0 Å². The van der Waals surface area contributed by atoms with Crippen LogP contribution < -0.4 is 10.6 Å². The zero-order chi connectivity index (χ0) is 17.0. The summed E-state index contributed by atoms with van der Waals surface area (Å²) in [5.41, 5.74) is -0.964. The molecule has 0 aliphatic heterocycles. The van der Waals surface area contributed by atoms with Crippen molar-refractivity contribution in [2.45, 2.75) is 52.1 Å². The minimum atomic E-state index is -1.34. The molecule has 0 bridgehead atoms. The average molecular weight is 314 g/mol. The van der Waals surface area contributed by atoms with Crippen molar-refractivity contribution in [2.75, 3.05) is 19.7 Å². The highest BCUT2D eigenvalue weighted by Gasteiger charge is 2.36. The number of carbonyl (C=O) groups is 2. The van der Waals surface area contributed by atoms with E-state index < -0.39 is 17.4 Å². The molecule has 6 heteroatoms. The molecule has 0 saturated heterocycles. The molecule has 6 nitrogen and oxygen atoms in total.